The number of hydrogen-bond donors (Lipinski definition) is 0. The summed E-state index contributed by atoms with van der Waals surface area (Å²) in [5.74, 6) is -0.768. The lowest BCUT2D eigenvalue weighted by Gasteiger charge is -2.16. The number of benzene rings is 1. The number of rotatable bonds is 4. The molecule has 0 aliphatic heterocycles. The number of nitrogens with zero attached hydrogens (tertiary/aromatic N) is 2. The van der Waals surface area contributed by atoms with Crippen LogP contribution >= 0.6 is 0 Å². The molecule has 1 atom stereocenters. The number of aromatic nitrogens is 1. The normalized spacial score (nSPS) is 12.2. The minimum absolute atomic E-state index is 0.0257. The minimum atomic E-state index is -0.810. The van der Waals surface area contributed by atoms with Gasteiger partial charge in [-0.2, -0.15) is 0 Å². The third-order valence-electron chi connectivity index (χ3n) is 2.86. The Labute approximate surface area is 116 Å². The fourth-order valence-corrected chi connectivity index (χ4v) is 1.86. The van der Waals surface area contributed by atoms with Gasteiger partial charge in [0, 0.05) is 19.5 Å². The topological polar surface area (TPSA) is 72.6 Å². The minimum Gasteiger partial charge on any atom is -0.452 e. The van der Waals surface area contributed by atoms with Crippen LogP contribution in [0.5, 0.6) is 0 Å². The number of hydrogen-bond acceptors (Lipinski definition) is 5. The highest BCUT2D eigenvalue weighted by molar-refractivity contribution is 5.86. The van der Waals surface area contributed by atoms with Gasteiger partial charge in [0.05, 0.1) is 6.42 Å². The van der Waals surface area contributed by atoms with Crippen LogP contribution in [0.4, 0.5) is 0 Å². The highest BCUT2D eigenvalue weighted by atomic mass is 16.5. The Morgan fingerprint density at radius 1 is 1.35 bits per heavy atom. The van der Waals surface area contributed by atoms with Crippen molar-refractivity contribution in [3.8, 4) is 0 Å². The van der Waals surface area contributed by atoms with Crippen LogP contribution in [-0.4, -0.2) is 42.1 Å². The summed E-state index contributed by atoms with van der Waals surface area (Å²) in [5, 5.41) is 4.63. The van der Waals surface area contributed by atoms with E-state index in [0.717, 1.165) is 5.39 Å². The first-order valence-electron chi connectivity index (χ1n) is 6.23. The predicted octanol–water partition coefficient (Wildman–Crippen LogP) is 1.39. The van der Waals surface area contributed by atoms with E-state index in [2.05, 4.69) is 5.16 Å². The summed E-state index contributed by atoms with van der Waals surface area (Å²) in [6.07, 6.45) is -0.835. The molecule has 0 saturated carbocycles. The molecule has 0 aliphatic carbocycles. The molecule has 0 fully saturated rings. The Kier molecular flexibility index (Phi) is 4.02. The SMILES string of the molecule is C[C@@H](OC(=O)Cc1noc2ccccc12)C(=O)N(C)C. The molecule has 0 aliphatic rings. The maximum Gasteiger partial charge on any atom is 0.312 e. The van der Waals surface area contributed by atoms with E-state index in [1.165, 1.54) is 4.90 Å². The average molecular weight is 276 g/mol. The zero-order chi connectivity index (χ0) is 14.7. The van der Waals surface area contributed by atoms with Crippen molar-refractivity contribution in [2.24, 2.45) is 0 Å². The summed E-state index contributed by atoms with van der Waals surface area (Å²) in [5.41, 5.74) is 1.13. The van der Waals surface area contributed by atoms with Crippen LogP contribution in [0.3, 0.4) is 0 Å². The van der Waals surface area contributed by atoms with E-state index in [1.807, 2.05) is 18.2 Å². The molecule has 6 heteroatoms. The highest BCUT2D eigenvalue weighted by Gasteiger charge is 2.21. The van der Waals surface area contributed by atoms with Gasteiger partial charge in [0.25, 0.3) is 5.91 Å². The van der Waals surface area contributed by atoms with Crippen molar-refractivity contribution < 1.29 is 18.8 Å². The molecule has 0 bridgehead atoms. The van der Waals surface area contributed by atoms with Gasteiger partial charge in [0.2, 0.25) is 0 Å². The molecule has 0 spiro atoms. The lowest BCUT2D eigenvalue weighted by Crippen LogP contribution is -2.35. The third kappa shape index (κ3) is 2.96. The Hall–Kier alpha value is -2.37. The van der Waals surface area contributed by atoms with Crippen LogP contribution < -0.4 is 0 Å². The molecule has 1 aromatic heterocycles. The van der Waals surface area contributed by atoms with Crippen molar-refractivity contribution in [2.45, 2.75) is 19.4 Å². The van der Waals surface area contributed by atoms with E-state index in [-0.39, 0.29) is 12.3 Å². The van der Waals surface area contributed by atoms with Gasteiger partial charge in [-0.05, 0) is 19.1 Å². The first kappa shape index (κ1) is 14.0. The second-order valence-electron chi connectivity index (χ2n) is 4.67. The number of fused-ring (bicyclic) bond motifs is 1. The molecule has 0 saturated heterocycles. The smallest absolute Gasteiger partial charge is 0.312 e. The monoisotopic (exact) mass is 276 g/mol. The lowest BCUT2D eigenvalue weighted by molar-refractivity contribution is -0.157. The fourth-order valence-electron chi connectivity index (χ4n) is 1.86. The van der Waals surface area contributed by atoms with Crippen molar-refractivity contribution in [3.63, 3.8) is 0 Å². The van der Waals surface area contributed by atoms with Crippen LogP contribution in [0.25, 0.3) is 11.0 Å². The number of ether oxygens (including phenoxy) is 1. The van der Waals surface area contributed by atoms with Crippen molar-refractivity contribution >= 4 is 22.8 Å². The highest BCUT2D eigenvalue weighted by Crippen LogP contribution is 2.18. The molecule has 2 rings (SSSR count). The first-order chi connectivity index (χ1) is 9.49. The number of amides is 1. The van der Waals surface area contributed by atoms with Crippen LogP contribution in [0.1, 0.15) is 12.6 Å². The van der Waals surface area contributed by atoms with Gasteiger partial charge in [-0.15, -0.1) is 0 Å². The van der Waals surface area contributed by atoms with Crippen LogP contribution in [0.2, 0.25) is 0 Å². The Morgan fingerprint density at radius 3 is 2.75 bits per heavy atom. The zero-order valence-electron chi connectivity index (χ0n) is 11.6. The summed E-state index contributed by atoms with van der Waals surface area (Å²) < 4.78 is 10.2. The van der Waals surface area contributed by atoms with Gasteiger partial charge in [0.15, 0.2) is 11.7 Å². The van der Waals surface area contributed by atoms with E-state index in [0.29, 0.717) is 11.3 Å². The maximum absolute atomic E-state index is 11.8. The van der Waals surface area contributed by atoms with Crippen LogP contribution in [0.15, 0.2) is 28.8 Å². The molecule has 1 heterocycles. The molecule has 0 radical (unpaired) electrons. The maximum atomic E-state index is 11.8. The van der Waals surface area contributed by atoms with E-state index in [9.17, 15) is 9.59 Å². The van der Waals surface area contributed by atoms with Gasteiger partial charge in [0.1, 0.15) is 5.69 Å². The lowest BCUT2D eigenvalue weighted by atomic mass is 10.2. The van der Waals surface area contributed by atoms with Crippen molar-refractivity contribution in [1.29, 1.82) is 0 Å². The molecule has 6 nitrogen and oxygen atoms in total. The summed E-state index contributed by atoms with van der Waals surface area (Å²) >= 11 is 0. The van der Waals surface area contributed by atoms with E-state index >= 15 is 0 Å². The molecule has 1 aromatic carbocycles. The summed E-state index contributed by atoms with van der Waals surface area (Å²) in [7, 11) is 3.22. The quantitative estimate of drug-likeness (QED) is 0.789. The second-order valence-corrected chi connectivity index (χ2v) is 4.67. The van der Waals surface area contributed by atoms with E-state index < -0.39 is 12.1 Å². The molecule has 20 heavy (non-hydrogen) atoms. The standard InChI is InChI=1S/C14H16N2O4/c1-9(14(18)16(2)3)19-13(17)8-11-10-6-4-5-7-12(10)20-15-11/h4-7,9H,8H2,1-3H3/t9-/m1/s1. The number of carbonyl (C=O) groups is 2. The Morgan fingerprint density at radius 2 is 2.05 bits per heavy atom. The third-order valence-corrected chi connectivity index (χ3v) is 2.86. The van der Waals surface area contributed by atoms with Gasteiger partial charge in [-0.25, -0.2) is 0 Å². The molecular weight excluding hydrogens is 260 g/mol. The number of esters is 1. The molecular formula is C14H16N2O4. The molecule has 1 amide bonds. The number of para-hydroxylation sites is 1. The van der Waals surface area contributed by atoms with Gasteiger partial charge >= 0.3 is 5.97 Å². The van der Waals surface area contributed by atoms with E-state index in [4.69, 9.17) is 9.26 Å². The van der Waals surface area contributed by atoms with Crippen LogP contribution in [0, 0.1) is 0 Å². The first-order valence-corrected chi connectivity index (χ1v) is 6.23. The second kappa shape index (κ2) is 5.73. The number of carbonyl (C=O) groups excluding carboxylic acids is 2. The summed E-state index contributed by atoms with van der Waals surface area (Å²) in [6.45, 7) is 1.54. The average Bonchev–Trinajstić information content (AvgIpc) is 2.81. The Balaban J connectivity index is 2.03. The molecule has 2 aromatic rings. The summed E-state index contributed by atoms with van der Waals surface area (Å²) in [6, 6.07) is 7.26. The molecule has 0 unspecified atom stereocenters. The fraction of sp³-hybridized carbons (Fsp3) is 0.357. The number of likely N-dealkylation sites (N-methyl/N-ethyl adjacent to an activating group) is 1. The van der Waals surface area contributed by atoms with E-state index in [1.54, 1.807) is 27.1 Å². The van der Waals surface area contributed by atoms with Crippen molar-refractivity contribution in [1.82, 2.24) is 10.1 Å². The van der Waals surface area contributed by atoms with Crippen molar-refractivity contribution in [3.05, 3.63) is 30.0 Å². The molecule has 106 valence electrons. The van der Waals surface area contributed by atoms with Crippen LogP contribution in [-0.2, 0) is 20.7 Å². The van der Waals surface area contributed by atoms with Gasteiger partial charge in [-0.1, -0.05) is 17.3 Å². The van der Waals surface area contributed by atoms with Crippen molar-refractivity contribution in [2.75, 3.05) is 14.1 Å². The summed E-state index contributed by atoms with van der Waals surface area (Å²) in [4.78, 5) is 24.8. The van der Waals surface area contributed by atoms with Gasteiger partial charge < -0.3 is 14.2 Å². The van der Waals surface area contributed by atoms with Gasteiger partial charge in [-0.3, -0.25) is 9.59 Å². The zero-order valence-corrected chi connectivity index (χ0v) is 11.6. The predicted molar refractivity (Wildman–Crippen MR) is 72.0 cm³/mol. The molecule has 0 N–H and O–H groups in total. The Bertz CT molecular complexity index is 633. The largest absolute Gasteiger partial charge is 0.452 e.